The lowest BCUT2D eigenvalue weighted by Crippen LogP contribution is -2.17. The summed E-state index contributed by atoms with van der Waals surface area (Å²) < 4.78 is 16.6. The maximum Gasteiger partial charge on any atom is 0.304 e. The highest BCUT2D eigenvalue weighted by atomic mass is 16.6. The summed E-state index contributed by atoms with van der Waals surface area (Å²) in [5.74, 6) is 0.605. The molecule has 3 rings (SSSR count). The topological polar surface area (TPSA) is 65.0 Å². The Kier molecular flexibility index (Phi) is 3.76. The summed E-state index contributed by atoms with van der Waals surface area (Å²) in [5.41, 5.74) is 0.811. The van der Waals surface area contributed by atoms with Crippen molar-refractivity contribution in [1.29, 1.82) is 0 Å². The summed E-state index contributed by atoms with van der Waals surface area (Å²) in [6.45, 7) is 1.33. The number of methoxy groups -OCH3 is 1. The molecule has 1 atom stereocenters. The highest BCUT2D eigenvalue weighted by molar-refractivity contribution is 5.70. The van der Waals surface area contributed by atoms with E-state index in [2.05, 4.69) is 0 Å². The lowest BCUT2D eigenvalue weighted by Gasteiger charge is -2.18. The average Bonchev–Trinajstić information content (AvgIpc) is 3.04. The zero-order chi connectivity index (χ0) is 14.9. The van der Waals surface area contributed by atoms with Crippen LogP contribution in [0, 0.1) is 0 Å². The van der Waals surface area contributed by atoms with Gasteiger partial charge in [-0.1, -0.05) is 6.07 Å². The smallest absolute Gasteiger partial charge is 0.304 e. The molecule has 5 nitrogen and oxygen atoms in total. The third-order valence-electron chi connectivity index (χ3n) is 4.30. The average molecular weight is 292 g/mol. The van der Waals surface area contributed by atoms with Gasteiger partial charge in [-0.05, 0) is 30.5 Å². The first kappa shape index (κ1) is 14.2. The van der Waals surface area contributed by atoms with E-state index in [1.807, 2.05) is 18.2 Å². The van der Waals surface area contributed by atoms with Gasteiger partial charge >= 0.3 is 5.97 Å². The number of benzene rings is 1. The van der Waals surface area contributed by atoms with E-state index < -0.39 is 5.97 Å². The van der Waals surface area contributed by atoms with E-state index in [0.717, 1.165) is 31.4 Å². The lowest BCUT2D eigenvalue weighted by atomic mass is 9.92. The second kappa shape index (κ2) is 5.56. The van der Waals surface area contributed by atoms with Crippen molar-refractivity contribution >= 4 is 5.97 Å². The molecule has 5 heteroatoms. The number of carbonyl (C=O) groups is 1. The standard InChI is InChI=1S/C16H20O5/c1-19-14-8-11(16(5-6-16)9-15(17)18)2-3-13(14)21-12-4-7-20-10-12/h2-3,8,12H,4-7,9-10H2,1H3,(H,17,18). The van der Waals surface area contributed by atoms with Crippen molar-refractivity contribution < 1.29 is 24.1 Å². The molecule has 1 saturated carbocycles. The van der Waals surface area contributed by atoms with Crippen molar-refractivity contribution in [2.45, 2.75) is 37.2 Å². The number of rotatable bonds is 6. The predicted octanol–water partition coefficient (Wildman–Crippen LogP) is 2.37. The lowest BCUT2D eigenvalue weighted by molar-refractivity contribution is -0.137. The van der Waals surface area contributed by atoms with Crippen LogP contribution in [0.2, 0.25) is 0 Å². The number of ether oxygens (including phenoxy) is 3. The summed E-state index contributed by atoms with van der Waals surface area (Å²) in [5, 5.41) is 9.05. The van der Waals surface area contributed by atoms with Gasteiger partial charge in [-0.2, -0.15) is 0 Å². The summed E-state index contributed by atoms with van der Waals surface area (Å²) in [6, 6.07) is 5.76. The third kappa shape index (κ3) is 2.97. The minimum Gasteiger partial charge on any atom is -0.493 e. The van der Waals surface area contributed by atoms with E-state index in [1.54, 1.807) is 7.11 Å². The summed E-state index contributed by atoms with van der Waals surface area (Å²) in [7, 11) is 1.61. The molecule has 1 N–H and O–H groups in total. The Morgan fingerprint density at radius 3 is 2.81 bits per heavy atom. The van der Waals surface area contributed by atoms with E-state index in [1.165, 1.54) is 0 Å². The van der Waals surface area contributed by atoms with E-state index in [4.69, 9.17) is 19.3 Å². The number of hydrogen-bond donors (Lipinski definition) is 1. The second-order valence-corrected chi connectivity index (χ2v) is 5.82. The van der Waals surface area contributed by atoms with Crippen LogP contribution < -0.4 is 9.47 Å². The number of hydrogen-bond acceptors (Lipinski definition) is 4. The highest BCUT2D eigenvalue weighted by Gasteiger charge is 2.46. The van der Waals surface area contributed by atoms with E-state index >= 15 is 0 Å². The second-order valence-electron chi connectivity index (χ2n) is 5.82. The Balaban J connectivity index is 1.80. The molecule has 2 fully saturated rings. The van der Waals surface area contributed by atoms with E-state index in [0.29, 0.717) is 18.1 Å². The monoisotopic (exact) mass is 292 g/mol. The van der Waals surface area contributed by atoms with Crippen molar-refractivity contribution in [1.82, 2.24) is 0 Å². The van der Waals surface area contributed by atoms with Crippen LogP contribution in [0.4, 0.5) is 0 Å². The largest absolute Gasteiger partial charge is 0.493 e. The molecule has 1 aromatic rings. The van der Waals surface area contributed by atoms with Gasteiger partial charge in [-0.25, -0.2) is 0 Å². The van der Waals surface area contributed by atoms with Crippen LogP contribution >= 0.6 is 0 Å². The van der Waals surface area contributed by atoms with Gasteiger partial charge in [0, 0.05) is 11.8 Å². The van der Waals surface area contributed by atoms with Crippen LogP contribution in [0.1, 0.15) is 31.2 Å². The van der Waals surface area contributed by atoms with Gasteiger partial charge in [-0.15, -0.1) is 0 Å². The van der Waals surface area contributed by atoms with Crippen molar-refractivity contribution in [2.75, 3.05) is 20.3 Å². The van der Waals surface area contributed by atoms with E-state index in [9.17, 15) is 4.79 Å². The van der Waals surface area contributed by atoms with Crippen molar-refractivity contribution in [3.8, 4) is 11.5 Å². The molecule has 1 aliphatic carbocycles. The summed E-state index contributed by atoms with van der Waals surface area (Å²) in [6.07, 6.45) is 2.96. The fourth-order valence-electron chi connectivity index (χ4n) is 2.89. The first-order chi connectivity index (χ1) is 10.1. The molecule has 114 valence electrons. The molecule has 1 unspecified atom stereocenters. The fourth-order valence-corrected chi connectivity index (χ4v) is 2.89. The Morgan fingerprint density at radius 1 is 1.43 bits per heavy atom. The van der Waals surface area contributed by atoms with Crippen molar-refractivity contribution in [2.24, 2.45) is 0 Å². The van der Waals surface area contributed by atoms with Gasteiger partial charge in [0.1, 0.15) is 6.10 Å². The number of carboxylic acids is 1. The van der Waals surface area contributed by atoms with Gasteiger partial charge in [0.25, 0.3) is 0 Å². The molecule has 21 heavy (non-hydrogen) atoms. The molecule has 0 spiro atoms. The zero-order valence-corrected chi connectivity index (χ0v) is 12.1. The molecule has 1 heterocycles. The molecule has 0 amide bonds. The zero-order valence-electron chi connectivity index (χ0n) is 12.1. The molecule has 0 bridgehead atoms. The number of aliphatic carboxylic acids is 1. The normalized spacial score (nSPS) is 22.8. The summed E-state index contributed by atoms with van der Waals surface area (Å²) >= 11 is 0. The highest BCUT2D eigenvalue weighted by Crippen LogP contribution is 2.52. The Labute approximate surface area is 123 Å². The fraction of sp³-hybridized carbons (Fsp3) is 0.562. The van der Waals surface area contributed by atoms with Crippen molar-refractivity contribution in [3.05, 3.63) is 23.8 Å². The minimum absolute atomic E-state index is 0.0682. The maximum atomic E-state index is 11.0. The molecular formula is C16H20O5. The van der Waals surface area contributed by atoms with Gasteiger partial charge in [0.15, 0.2) is 11.5 Å². The van der Waals surface area contributed by atoms with Crippen LogP contribution in [0.25, 0.3) is 0 Å². The van der Waals surface area contributed by atoms with Crippen LogP contribution in [-0.4, -0.2) is 37.5 Å². The Morgan fingerprint density at radius 2 is 2.24 bits per heavy atom. The van der Waals surface area contributed by atoms with Crippen LogP contribution in [0.5, 0.6) is 11.5 Å². The van der Waals surface area contributed by atoms with Crippen LogP contribution in [-0.2, 0) is 14.9 Å². The Bertz CT molecular complexity index is 529. The minimum atomic E-state index is -0.755. The van der Waals surface area contributed by atoms with E-state index in [-0.39, 0.29) is 17.9 Å². The SMILES string of the molecule is COc1cc(C2(CC(=O)O)CC2)ccc1OC1CCOC1. The van der Waals surface area contributed by atoms with Crippen molar-refractivity contribution in [3.63, 3.8) is 0 Å². The van der Waals surface area contributed by atoms with Crippen LogP contribution in [0.15, 0.2) is 18.2 Å². The predicted molar refractivity (Wildman–Crippen MR) is 76.0 cm³/mol. The van der Waals surface area contributed by atoms with Gasteiger partial charge in [0.2, 0.25) is 0 Å². The molecule has 0 radical (unpaired) electrons. The molecule has 2 aliphatic rings. The van der Waals surface area contributed by atoms with Crippen LogP contribution in [0.3, 0.4) is 0 Å². The van der Waals surface area contributed by atoms with Gasteiger partial charge in [-0.3, -0.25) is 4.79 Å². The molecule has 1 saturated heterocycles. The molecular weight excluding hydrogens is 272 g/mol. The molecule has 1 aliphatic heterocycles. The molecule has 1 aromatic carbocycles. The van der Waals surface area contributed by atoms with Gasteiger partial charge < -0.3 is 19.3 Å². The van der Waals surface area contributed by atoms with Gasteiger partial charge in [0.05, 0.1) is 26.7 Å². The first-order valence-corrected chi connectivity index (χ1v) is 7.28. The third-order valence-corrected chi connectivity index (χ3v) is 4.30. The quantitative estimate of drug-likeness (QED) is 0.872. The Hall–Kier alpha value is -1.75. The maximum absolute atomic E-state index is 11.0. The summed E-state index contributed by atoms with van der Waals surface area (Å²) in [4.78, 5) is 11.0. The molecule has 0 aromatic heterocycles. The number of carboxylic acid groups (broad SMARTS) is 1. The first-order valence-electron chi connectivity index (χ1n) is 7.28.